The van der Waals surface area contributed by atoms with Crippen LogP contribution in [-0.4, -0.2) is 17.5 Å². The third-order valence-corrected chi connectivity index (χ3v) is 2.56. The molecule has 1 amide bonds. The van der Waals surface area contributed by atoms with Gasteiger partial charge in [0.1, 0.15) is 5.56 Å². The van der Waals surface area contributed by atoms with Gasteiger partial charge in [-0.3, -0.25) is 9.59 Å². The smallest absolute Gasteiger partial charge is 0.261 e. The highest BCUT2D eigenvalue weighted by atomic mass is 19.1. The van der Waals surface area contributed by atoms with Crippen LogP contribution in [-0.2, 0) is 0 Å². The summed E-state index contributed by atoms with van der Waals surface area (Å²) in [5.74, 6) is -1.06. The molecule has 2 N–H and O–H groups in total. The Morgan fingerprint density at radius 1 is 1.40 bits per heavy atom. The highest BCUT2D eigenvalue weighted by Crippen LogP contribution is 2.21. The van der Waals surface area contributed by atoms with Gasteiger partial charge < -0.3 is 15.0 Å². The molecular formula is C14H13FN2O3. The molecule has 0 radical (unpaired) electrons. The number of H-pyrrole nitrogens is 1. The Bertz CT molecular complexity index is 682. The van der Waals surface area contributed by atoms with Crippen LogP contribution in [0.3, 0.4) is 0 Å². The van der Waals surface area contributed by atoms with E-state index in [9.17, 15) is 14.0 Å². The number of nitrogens with one attached hydrogen (secondary N) is 2. The Labute approximate surface area is 114 Å². The predicted molar refractivity (Wildman–Crippen MR) is 72.6 cm³/mol. The van der Waals surface area contributed by atoms with Gasteiger partial charge in [-0.2, -0.15) is 0 Å². The molecule has 1 aromatic heterocycles. The average molecular weight is 276 g/mol. The summed E-state index contributed by atoms with van der Waals surface area (Å²) in [6.07, 6.45) is 2.72. The molecule has 0 spiro atoms. The number of hydrogen-bond donors (Lipinski definition) is 2. The van der Waals surface area contributed by atoms with Crippen molar-refractivity contribution in [2.24, 2.45) is 0 Å². The van der Waals surface area contributed by atoms with Crippen LogP contribution in [0.1, 0.15) is 17.3 Å². The summed E-state index contributed by atoms with van der Waals surface area (Å²) >= 11 is 0. The lowest BCUT2D eigenvalue weighted by atomic mass is 10.2. The number of carbonyl (C=O) groups excluding carboxylic acids is 1. The maximum atomic E-state index is 13.6. The Morgan fingerprint density at radius 3 is 2.85 bits per heavy atom. The van der Waals surface area contributed by atoms with Gasteiger partial charge in [0.15, 0.2) is 17.0 Å². The van der Waals surface area contributed by atoms with E-state index in [2.05, 4.69) is 10.3 Å². The maximum Gasteiger partial charge on any atom is 0.261 e. The lowest BCUT2D eigenvalue weighted by Crippen LogP contribution is -2.20. The summed E-state index contributed by atoms with van der Waals surface area (Å²) in [4.78, 5) is 26.0. The largest absolute Gasteiger partial charge is 0.491 e. The first-order valence-corrected chi connectivity index (χ1v) is 6.02. The Balaban J connectivity index is 2.18. The van der Waals surface area contributed by atoms with Crippen LogP contribution in [0.2, 0.25) is 0 Å². The van der Waals surface area contributed by atoms with Crippen molar-refractivity contribution in [3.63, 3.8) is 0 Å². The molecule has 0 atom stereocenters. The van der Waals surface area contributed by atoms with Crippen molar-refractivity contribution >= 4 is 11.6 Å². The molecule has 0 aliphatic carbocycles. The lowest BCUT2D eigenvalue weighted by molar-refractivity contribution is 0.102. The molecule has 1 aromatic carbocycles. The summed E-state index contributed by atoms with van der Waals surface area (Å²) in [7, 11) is 0. The van der Waals surface area contributed by atoms with Crippen LogP contribution >= 0.6 is 0 Å². The molecule has 6 heteroatoms. The summed E-state index contributed by atoms with van der Waals surface area (Å²) in [6.45, 7) is 2.10. The Hall–Kier alpha value is -2.63. The number of halogens is 1. The van der Waals surface area contributed by atoms with E-state index in [-0.39, 0.29) is 17.0 Å². The molecule has 2 rings (SSSR count). The van der Waals surface area contributed by atoms with E-state index in [4.69, 9.17) is 4.74 Å². The molecule has 0 saturated carbocycles. The molecule has 0 bridgehead atoms. The molecular weight excluding hydrogens is 263 g/mol. The number of anilines is 1. The van der Waals surface area contributed by atoms with E-state index in [1.807, 2.05) is 0 Å². The summed E-state index contributed by atoms with van der Waals surface area (Å²) < 4.78 is 18.7. The standard InChI is InChI=1S/C14H13FN2O3/c1-2-20-13-4-3-9(7-11(13)15)17-14(19)10-8-16-6-5-12(10)18/h3-8H,2H2,1H3,(H,16,18)(H,17,19). The SMILES string of the molecule is CCOc1ccc(NC(=O)c2c[nH]ccc2=O)cc1F. The monoisotopic (exact) mass is 276 g/mol. The molecule has 0 unspecified atom stereocenters. The molecule has 0 saturated heterocycles. The van der Waals surface area contributed by atoms with E-state index in [0.717, 1.165) is 6.07 Å². The van der Waals surface area contributed by atoms with Gasteiger partial charge in [0.05, 0.1) is 6.61 Å². The average Bonchev–Trinajstić information content (AvgIpc) is 2.42. The number of benzene rings is 1. The third-order valence-electron chi connectivity index (χ3n) is 2.56. The zero-order valence-electron chi connectivity index (χ0n) is 10.8. The lowest BCUT2D eigenvalue weighted by Gasteiger charge is -2.08. The van der Waals surface area contributed by atoms with Gasteiger partial charge in [-0.1, -0.05) is 0 Å². The predicted octanol–water partition coefficient (Wildman–Crippen LogP) is 2.17. The first-order chi connectivity index (χ1) is 9.61. The van der Waals surface area contributed by atoms with Gasteiger partial charge in [-0.05, 0) is 19.1 Å². The maximum absolute atomic E-state index is 13.6. The van der Waals surface area contributed by atoms with Crippen LogP contribution in [0.5, 0.6) is 5.75 Å². The van der Waals surface area contributed by atoms with Gasteiger partial charge in [0, 0.05) is 30.2 Å². The molecule has 2 aromatic rings. The molecule has 0 fully saturated rings. The van der Waals surface area contributed by atoms with Gasteiger partial charge in [-0.25, -0.2) is 4.39 Å². The summed E-state index contributed by atoms with van der Waals surface area (Å²) in [6, 6.07) is 5.31. The van der Waals surface area contributed by atoms with E-state index < -0.39 is 17.2 Å². The van der Waals surface area contributed by atoms with Gasteiger partial charge in [0.25, 0.3) is 5.91 Å². The molecule has 104 valence electrons. The molecule has 0 aliphatic rings. The van der Waals surface area contributed by atoms with E-state index in [1.165, 1.54) is 30.6 Å². The number of hydrogen-bond acceptors (Lipinski definition) is 3. The van der Waals surface area contributed by atoms with Gasteiger partial charge in [-0.15, -0.1) is 0 Å². The Morgan fingerprint density at radius 2 is 2.20 bits per heavy atom. The van der Waals surface area contributed by atoms with Crippen LogP contribution in [0.15, 0.2) is 41.5 Å². The van der Waals surface area contributed by atoms with Gasteiger partial charge >= 0.3 is 0 Å². The fourth-order valence-corrected chi connectivity index (χ4v) is 1.64. The fraction of sp³-hybridized carbons (Fsp3) is 0.143. The van der Waals surface area contributed by atoms with Crippen molar-refractivity contribution < 1.29 is 13.9 Å². The first kappa shape index (κ1) is 13.8. The van der Waals surface area contributed by atoms with Crippen LogP contribution in [0.25, 0.3) is 0 Å². The molecule has 0 aliphatic heterocycles. The molecule has 20 heavy (non-hydrogen) atoms. The van der Waals surface area contributed by atoms with Crippen molar-refractivity contribution in [2.75, 3.05) is 11.9 Å². The molecule has 1 heterocycles. The number of pyridine rings is 1. The van der Waals surface area contributed by atoms with E-state index in [1.54, 1.807) is 6.92 Å². The number of aromatic nitrogens is 1. The van der Waals surface area contributed by atoms with Gasteiger partial charge in [0.2, 0.25) is 0 Å². The topological polar surface area (TPSA) is 71.2 Å². The number of ether oxygens (including phenoxy) is 1. The second-order valence-corrected chi connectivity index (χ2v) is 3.95. The summed E-state index contributed by atoms with van der Waals surface area (Å²) in [5.41, 5.74) is -0.200. The van der Waals surface area contributed by atoms with Crippen molar-refractivity contribution in [1.29, 1.82) is 0 Å². The summed E-state index contributed by atoms with van der Waals surface area (Å²) in [5, 5.41) is 2.45. The van der Waals surface area contributed by atoms with Crippen molar-refractivity contribution in [3.8, 4) is 5.75 Å². The highest BCUT2D eigenvalue weighted by Gasteiger charge is 2.11. The minimum atomic E-state index is -0.601. The van der Waals surface area contributed by atoms with Crippen molar-refractivity contribution in [3.05, 3.63) is 58.3 Å². The normalized spacial score (nSPS) is 10.1. The quantitative estimate of drug-likeness (QED) is 0.899. The van der Waals surface area contributed by atoms with E-state index in [0.29, 0.717) is 6.61 Å². The second-order valence-electron chi connectivity index (χ2n) is 3.95. The van der Waals surface area contributed by atoms with Crippen LogP contribution in [0, 0.1) is 5.82 Å². The Kier molecular flexibility index (Phi) is 4.14. The second kappa shape index (κ2) is 6.01. The minimum absolute atomic E-state index is 0.0400. The number of amides is 1. The minimum Gasteiger partial charge on any atom is -0.491 e. The number of rotatable bonds is 4. The zero-order valence-corrected chi connectivity index (χ0v) is 10.8. The van der Waals surface area contributed by atoms with E-state index >= 15 is 0 Å². The van der Waals surface area contributed by atoms with Crippen LogP contribution in [0.4, 0.5) is 10.1 Å². The number of carbonyl (C=O) groups is 1. The first-order valence-electron chi connectivity index (χ1n) is 6.02. The fourth-order valence-electron chi connectivity index (χ4n) is 1.64. The van der Waals surface area contributed by atoms with Crippen LogP contribution < -0.4 is 15.5 Å². The molecule has 5 nitrogen and oxygen atoms in total. The zero-order chi connectivity index (χ0) is 14.5. The third kappa shape index (κ3) is 3.03. The highest BCUT2D eigenvalue weighted by molar-refractivity contribution is 6.03. The van der Waals surface area contributed by atoms with Crippen molar-refractivity contribution in [2.45, 2.75) is 6.92 Å². The number of aromatic amines is 1. The van der Waals surface area contributed by atoms with Crippen molar-refractivity contribution in [1.82, 2.24) is 4.98 Å².